The molecule has 0 bridgehead atoms. The summed E-state index contributed by atoms with van der Waals surface area (Å²) in [5.74, 6) is -0.0619. The quantitative estimate of drug-likeness (QED) is 0.771. The van der Waals surface area contributed by atoms with Crippen molar-refractivity contribution in [3.63, 3.8) is 0 Å². The number of amides is 1. The smallest absolute Gasteiger partial charge is 0.241 e. The fraction of sp³-hybridized carbons (Fsp3) is 0.500. The van der Waals surface area contributed by atoms with Crippen LogP contribution in [-0.4, -0.2) is 22.2 Å². The van der Waals surface area contributed by atoms with E-state index in [9.17, 15) is 4.79 Å². The van der Waals surface area contributed by atoms with E-state index in [4.69, 9.17) is 5.73 Å². The lowest BCUT2D eigenvalue weighted by Crippen LogP contribution is -2.28. The molecule has 0 aliphatic rings. The van der Waals surface area contributed by atoms with Crippen molar-refractivity contribution in [2.75, 3.05) is 12.3 Å². The Bertz CT molecular complexity index is 442. The highest BCUT2D eigenvalue weighted by atomic mass is 16.2. The van der Waals surface area contributed by atoms with Crippen LogP contribution in [0.4, 0.5) is 5.69 Å². The van der Waals surface area contributed by atoms with Crippen molar-refractivity contribution in [3.8, 4) is 0 Å². The van der Waals surface area contributed by atoms with Gasteiger partial charge in [-0.3, -0.25) is 9.48 Å². The van der Waals surface area contributed by atoms with Crippen molar-refractivity contribution in [2.24, 2.45) is 0 Å². The van der Waals surface area contributed by atoms with Crippen molar-refractivity contribution in [1.29, 1.82) is 0 Å². The van der Waals surface area contributed by atoms with Crippen LogP contribution in [-0.2, 0) is 11.3 Å². The number of hydrogen-bond donors (Lipinski definition) is 2. The van der Waals surface area contributed by atoms with Crippen molar-refractivity contribution >= 4 is 11.6 Å². The van der Waals surface area contributed by atoms with Gasteiger partial charge in [-0.05, 0) is 27.7 Å². The number of nitrogen functional groups attached to an aromatic ring is 1. The van der Waals surface area contributed by atoms with Crippen LogP contribution in [0, 0.1) is 13.8 Å². The van der Waals surface area contributed by atoms with Gasteiger partial charge in [-0.1, -0.05) is 11.6 Å². The van der Waals surface area contributed by atoms with Gasteiger partial charge in [0.15, 0.2) is 0 Å². The number of aromatic nitrogens is 2. The first kappa shape index (κ1) is 13.3. The summed E-state index contributed by atoms with van der Waals surface area (Å²) < 4.78 is 1.63. The molecule has 17 heavy (non-hydrogen) atoms. The van der Waals surface area contributed by atoms with E-state index in [2.05, 4.69) is 10.4 Å². The molecule has 0 radical (unpaired) electrons. The van der Waals surface area contributed by atoms with Crippen LogP contribution in [0.25, 0.3) is 0 Å². The molecule has 0 aliphatic carbocycles. The van der Waals surface area contributed by atoms with E-state index >= 15 is 0 Å². The first-order valence-electron chi connectivity index (χ1n) is 5.61. The van der Waals surface area contributed by atoms with Crippen LogP contribution in [0.1, 0.15) is 25.2 Å². The van der Waals surface area contributed by atoms with Crippen LogP contribution < -0.4 is 11.1 Å². The molecule has 0 aliphatic heterocycles. The lowest BCUT2D eigenvalue weighted by Gasteiger charge is -2.05. The minimum Gasteiger partial charge on any atom is -0.396 e. The summed E-state index contributed by atoms with van der Waals surface area (Å²) in [5, 5.41) is 7.01. The average Bonchev–Trinajstić information content (AvgIpc) is 2.46. The maximum absolute atomic E-state index is 11.6. The molecule has 94 valence electrons. The Morgan fingerprint density at radius 2 is 2.12 bits per heavy atom. The van der Waals surface area contributed by atoms with Crippen molar-refractivity contribution in [1.82, 2.24) is 15.1 Å². The summed E-state index contributed by atoms with van der Waals surface area (Å²) in [4.78, 5) is 11.6. The van der Waals surface area contributed by atoms with Gasteiger partial charge in [-0.2, -0.15) is 5.10 Å². The molecule has 0 spiro atoms. The normalized spacial score (nSPS) is 10.1. The zero-order chi connectivity index (χ0) is 13.0. The first-order chi connectivity index (χ1) is 7.91. The topological polar surface area (TPSA) is 72.9 Å². The van der Waals surface area contributed by atoms with Gasteiger partial charge in [0.05, 0.1) is 17.1 Å². The third kappa shape index (κ3) is 3.62. The Balaban J connectivity index is 2.57. The molecular formula is C12H20N4O. The maximum atomic E-state index is 11.6. The van der Waals surface area contributed by atoms with Crippen molar-refractivity contribution in [2.45, 2.75) is 34.2 Å². The summed E-state index contributed by atoms with van der Waals surface area (Å²) in [5.41, 5.74) is 9.23. The molecule has 3 N–H and O–H groups in total. The molecule has 0 saturated heterocycles. The lowest BCUT2D eigenvalue weighted by atomic mass is 10.3. The van der Waals surface area contributed by atoms with Crippen LogP contribution >= 0.6 is 0 Å². The highest BCUT2D eigenvalue weighted by Crippen LogP contribution is 2.14. The fourth-order valence-electron chi connectivity index (χ4n) is 1.43. The molecule has 1 heterocycles. The second-order valence-electron chi connectivity index (χ2n) is 4.33. The van der Waals surface area contributed by atoms with E-state index in [1.165, 1.54) is 5.57 Å². The number of nitrogens with zero attached hydrogens (tertiary/aromatic N) is 2. The minimum absolute atomic E-state index is 0.0619. The lowest BCUT2D eigenvalue weighted by molar-refractivity contribution is -0.121. The van der Waals surface area contributed by atoms with Gasteiger partial charge < -0.3 is 11.1 Å². The average molecular weight is 236 g/mol. The van der Waals surface area contributed by atoms with Gasteiger partial charge in [0.25, 0.3) is 0 Å². The van der Waals surface area contributed by atoms with Gasteiger partial charge in [-0.15, -0.1) is 0 Å². The Morgan fingerprint density at radius 1 is 1.47 bits per heavy atom. The monoisotopic (exact) mass is 236 g/mol. The van der Waals surface area contributed by atoms with E-state index in [1.54, 1.807) is 4.68 Å². The Labute approximate surface area is 102 Å². The Hall–Kier alpha value is -1.78. The number of hydrogen-bond acceptors (Lipinski definition) is 3. The largest absolute Gasteiger partial charge is 0.396 e. The maximum Gasteiger partial charge on any atom is 0.241 e. The minimum atomic E-state index is -0.0619. The number of nitrogens with one attached hydrogen (secondary N) is 1. The molecule has 0 unspecified atom stereocenters. The van der Waals surface area contributed by atoms with E-state index in [0.717, 1.165) is 11.4 Å². The van der Waals surface area contributed by atoms with E-state index in [0.29, 0.717) is 12.2 Å². The Kier molecular flexibility index (Phi) is 4.31. The first-order valence-corrected chi connectivity index (χ1v) is 5.61. The van der Waals surface area contributed by atoms with Crippen LogP contribution in [0.15, 0.2) is 11.6 Å². The second kappa shape index (κ2) is 5.52. The van der Waals surface area contributed by atoms with Crippen LogP contribution in [0.5, 0.6) is 0 Å². The van der Waals surface area contributed by atoms with Crippen LogP contribution in [0.3, 0.4) is 0 Å². The number of allylic oxidation sites excluding steroid dienone is 1. The summed E-state index contributed by atoms with van der Waals surface area (Å²) in [6.07, 6.45) is 1.97. The van der Waals surface area contributed by atoms with E-state index in [1.807, 2.05) is 33.8 Å². The molecule has 1 aromatic rings. The highest BCUT2D eigenvalue weighted by Gasteiger charge is 2.10. The number of anilines is 1. The van der Waals surface area contributed by atoms with Gasteiger partial charge >= 0.3 is 0 Å². The molecule has 1 amide bonds. The molecule has 0 fully saturated rings. The van der Waals surface area contributed by atoms with Gasteiger partial charge in [0, 0.05) is 6.54 Å². The summed E-state index contributed by atoms with van der Waals surface area (Å²) in [6.45, 7) is 8.44. The molecule has 0 aromatic carbocycles. The van der Waals surface area contributed by atoms with Gasteiger partial charge in [0.1, 0.15) is 6.54 Å². The zero-order valence-electron chi connectivity index (χ0n) is 10.9. The van der Waals surface area contributed by atoms with Crippen LogP contribution in [0.2, 0.25) is 0 Å². The molecule has 5 nitrogen and oxygen atoms in total. The standard InChI is InChI=1S/C12H20N4O/c1-8(2)5-6-14-11(17)7-16-10(4)12(13)9(3)15-16/h5H,6-7,13H2,1-4H3,(H,14,17). The third-order valence-electron chi connectivity index (χ3n) is 2.54. The number of aryl methyl sites for hydroxylation is 1. The SMILES string of the molecule is CC(C)=CCNC(=O)Cn1nc(C)c(N)c1C. The third-order valence-corrected chi connectivity index (χ3v) is 2.54. The summed E-state index contributed by atoms with van der Waals surface area (Å²) in [7, 11) is 0. The Morgan fingerprint density at radius 3 is 2.59 bits per heavy atom. The number of carbonyl (C=O) groups excluding carboxylic acids is 1. The molecule has 0 atom stereocenters. The van der Waals surface area contributed by atoms with Crippen molar-refractivity contribution < 1.29 is 4.79 Å². The zero-order valence-corrected chi connectivity index (χ0v) is 10.9. The highest BCUT2D eigenvalue weighted by molar-refractivity contribution is 5.76. The second-order valence-corrected chi connectivity index (χ2v) is 4.33. The molecule has 1 rings (SSSR count). The number of nitrogens with two attached hydrogens (primary N) is 1. The van der Waals surface area contributed by atoms with E-state index in [-0.39, 0.29) is 12.5 Å². The predicted molar refractivity (Wildman–Crippen MR) is 68.6 cm³/mol. The number of carbonyl (C=O) groups is 1. The summed E-state index contributed by atoms with van der Waals surface area (Å²) in [6, 6.07) is 0. The molecular weight excluding hydrogens is 216 g/mol. The molecule has 1 aromatic heterocycles. The number of rotatable bonds is 4. The molecule has 5 heteroatoms. The summed E-state index contributed by atoms with van der Waals surface area (Å²) >= 11 is 0. The molecule has 0 saturated carbocycles. The van der Waals surface area contributed by atoms with Crippen molar-refractivity contribution in [3.05, 3.63) is 23.0 Å². The van der Waals surface area contributed by atoms with Gasteiger partial charge in [-0.25, -0.2) is 0 Å². The predicted octanol–water partition coefficient (Wildman–Crippen LogP) is 1.16. The van der Waals surface area contributed by atoms with E-state index < -0.39 is 0 Å². The fourth-order valence-corrected chi connectivity index (χ4v) is 1.43. The van der Waals surface area contributed by atoms with Gasteiger partial charge in [0.2, 0.25) is 5.91 Å².